The molecular formula is C11H11N5. The van der Waals surface area contributed by atoms with E-state index >= 15 is 0 Å². The van der Waals surface area contributed by atoms with Gasteiger partial charge in [-0.05, 0) is 12.1 Å². The number of nitrogens with zero attached hydrogens (tertiary/aromatic N) is 4. The summed E-state index contributed by atoms with van der Waals surface area (Å²) in [5.74, 6) is 0.605. The van der Waals surface area contributed by atoms with Gasteiger partial charge in [0.25, 0.3) is 0 Å². The van der Waals surface area contributed by atoms with Gasteiger partial charge in [0.15, 0.2) is 0 Å². The van der Waals surface area contributed by atoms with E-state index in [4.69, 9.17) is 5.26 Å². The zero-order valence-electron chi connectivity index (χ0n) is 8.88. The summed E-state index contributed by atoms with van der Waals surface area (Å²) in [5.41, 5.74) is 1.60. The zero-order chi connectivity index (χ0) is 11.4. The molecule has 0 aliphatic heterocycles. The standard InChI is InChI=1S/C11H11N5/c1-16-8-9(7-15-16)6-14-11-10(5-12)3-2-4-13-11/h2-4,7-8H,6H2,1H3,(H,13,14). The third-order valence-electron chi connectivity index (χ3n) is 2.15. The summed E-state index contributed by atoms with van der Waals surface area (Å²) in [6, 6.07) is 5.57. The van der Waals surface area contributed by atoms with E-state index in [0.29, 0.717) is 17.9 Å². The molecule has 2 aromatic heterocycles. The molecule has 0 aliphatic carbocycles. The molecule has 0 radical (unpaired) electrons. The molecule has 0 aromatic carbocycles. The maximum atomic E-state index is 8.87. The Hall–Kier alpha value is -2.35. The first-order valence-corrected chi connectivity index (χ1v) is 4.86. The van der Waals surface area contributed by atoms with E-state index in [-0.39, 0.29) is 0 Å². The molecule has 0 spiro atoms. The Morgan fingerprint density at radius 1 is 1.56 bits per heavy atom. The van der Waals surface area contributed by atoms with Crippen molar-refractivity contribution in [3.8, 4) is 6.07 Å². The minimum Gasteiger partial charge on any atom is -0.365 e. The van der Waals surface area contributed by atoms with Crippen LogP contribution in [-0.2, 0) is 13.6 Å². The molecule has 0 saturated heterocycles. The Morgan fingerprint density at radius 3 is 3.12 bits per heavy atom. The van der Waals surface area contributed by atoms with E-state index in [1.54, 1.807) is 29.2 Å². The Balaban J connectivity index is 2.08. The van der Waals surface area contributed by atoms with Gasteiger partial charge in [-0.1, -0.05) is 0 Å². The Labute approximate surface area is 93.4 Å². The van der Waals surface area contributed by atoms with Crippen LogP contribution in [0.4, 0.5) is 5.82 Å². The van der Waals surface area contributed by atoms with E-state index in [2.05, 4.69) is 21.5 Å². The monoisotopic (exact) mass is 213 g/mol. The van der Waals surface area contributed by atoms with Gasteiger partial charge in [0.05, 0.1) is 11.8 Å². The fourth-order valence-corrected chi connectivity index (χ4v) is 1.39. The average Bonchev–Trinajstić information content (AvgIpc) is 2.73. The van der Waals surface area contributed by atoms with Gasteiger partial charge < -0.3 is 5.32 Å². The number of hydrogen-bond acceptors (Lipinski definition) is 4. The Kier molecular flexibility index (Phi) is 2.83. The molecule has 80 valence electrons. The van der Waals surface area contributed by atoms with Crippen LogP contribution in [0, 0.1) is 11.3 Å². The number of nitrogens with one attached hydrogen (secondary N) is 1. The molecule has 16 heavy (non-hydrogen) atoms. The Bertz CT molecular complexity index is 523. The smallest absolute Gasteiger partial charge is 0.144 e. The molecule has 2 aromatic rings. The SMILES string of the molecule is Cn1cc(CNc2ncccc2C#N)cn1. The second-order valence-electron chi connectivity index (χ2n) is 3.39. The lowest BCUT2D eigenvalue weighted by molar-refractivity contribution is 0.767. The number of nitriles is 1. The first-order chi connectivity index (χ1) is 7.79. The molecule has 0 fully saturated rings. The number of rotatable bonds is 3. The molecule has 1 N–H and O–H groups in total. The molecule has 5 nitrogen and oxygen atoms in total. The third-order valence-corrected chi connectivity index (χ3v) is 2.15. The third kappa shape index (κ3) is 2.17. The lowest BCUT2D eigenvalue weighted by Crippen LogP contribution is -2.02. The number of anilines is 1. The van der Waals surface area contributed by atoms with Crippen LogP contribution in [0.15, 0.2) is 30.7 Å². The average molecular weight is 213 g/mol. The second kappa shape index (κ2) is 4.45. The summed E-state index contributed by atoms with van der Waals surface area (Å²) in [6.07, 6.45) is 5.36. The predicted molar refractivity (Wildman–Crippen MR) is 59.5 cm³/mol. The van der Waals surface area contributed by atoms with Crippen LogP contribution in [0.1, 0.15) is 11.1 Å². The van der Waals surface area contributed by atoms with Crippen LogP contribution in [0.25, 0.3) is 0 Å². The molecule has 2 heterocycles. The van der Waals surface area contributed by atoms with Gasteiger partial charge in [0.2, 0.25) is 0 Å². The lowest BCUT2D eigenvalue weighted by atomic mass is 10.2. The highest BCUT2D eigenvalue weighted by Crippen LogP contribution is 2.10. The van der Waals surface area contributed by atoms with Gasteiger partial charge in [0, 0.05) is 31.5 Å². The van der Waals surface area contributed by atoms with E-state index in [9.17, 15) is 0 Å². The zero-order valence-corrected chi connectivity index (χ0v) is 8.88. The van der Waals surface area contributed by atoms with E-state index in [1.165, 1.54) is 0 Å². The van der Waals surface area contributed by atoms with Crippen molar-refractivity contribution in [2.75, 3.05) is 5.32 Å². The van der Waals surface area contributed by atoms with Gasteiger partial charge >= 0.3 is 0 Å². The summed E-state index contributed by atoms with van der Waals surface area (Å²) in [5, 5.41) is 16.0. The van der Waals surface area contributed by atoms with Crippen LogP contribution < -0.4 is 5.32 Å². The predicted octanol–water partition coefficient (Wildman–Crippen LogP) is 1.30. The maximum Gasteiger partial charge on any atom is 0.144 e. The fourth-order valence-electron chi connectivity index (χ4n) is 1.39. The highest BCUT2D eigenvalue weighted by atomic mass is 15.2. The first-order valence-electron chi connectivity index (χ1n) is 4.86. The molecule has 5 heteroatoms. The molecule has 0 unspecified atom stereocenters. The molecule has 0 amide bonds. The van der Waals surface area contributed by atoms with Crippen molar-refractivity contribution in [3.63, 3.8) is 0 Å². The molecule has 0 aliphatic rings. The van der Waals surface area contributed by atoms with Crippen molar-refractivity contribution < 1.29 is 0 Å². The van der Waals surface area contributed by atoms with Gasteiger partial charge in [-0.15, -0.1) is 0 Å². The van der Waals surface area contributed by atoms with Crippen LogP contribution in [-0.4, -0.2) is 14.8 Å². The topological polar surface area (TPSA) is 66.5 Å². The summed E-state index contributed by atoms with van der Waals surface area (Å²) in [4.78, 5) is 4.11. The molecule has 0 bridgehead atoms. The second-order valence-corrected chi connectivity index (χ2v) is 3.39. The number of pyridine rings is 1. The quantitative estimate of drug-likeness (QED) is 0.834. The normalized spacial score (nSPS) is 9.75. The van der Waals surface area contributed by atoms with Crippen molar-refractivity contribution in [2.45, 2.75) is 6.54 Å². The van der Waals surface area contributed by atoms with E-state index in [0.717, 1.165) is 5.56 Å². The molecule has 0 atom stereocenters. The number of hydrogen-bond donors (Lipinski definition) is 1. The van der Waals surface area contributed by atoms with Crippen molar-refractivity contribution in [1.82, 2.24) is 14.8 Å². The van der Waals surface area contributed by atoms with Crippen molar-refractivity contribution >= 4 is 5.82 Å². The van der Waals surface area contributed by atoms with Gasteiger partial charge in [-0.3, -0.25) is 4.68 Å². The van der Waals surface area contributed by atoms with Crippen LogP contribution >= 0.6 is 0 Å². The largest absolute Gasteiger partial charge is 0.365 e. The lowest BCUT2D eigenvalue weighted by Gasteiger charge is -2.04. The Morgan fingerprint density at radius 2 is 2.44 bits per heavy atom. The molecule has 0 saturated carbocycles. The maximum absolute atomic E-state index is 8.87. The van der Waals surface area contributed by atoms with Crippen molar-refractivity contribution in [3.05, 3.63) is 41.9 Å². The molecular weight excluding hydrogens is 202 g/mol. The summed E-state index contributed by atoms with van der Waals surface area (Å²) >= 11 is 0. The number of aryl methyl sites for hydroxylation is 1. The van der Waals surface area contributed by atoms with Crippen molar-refractivity contribution in [2.24, 2.45) is 7.05 Å². The summed E-state index contributed by atoms with van der Waals surface area (Å²) in [6.45, 7) is 0.611. The first kappa shape index (κ1) is 10.2. The van der Waals surface area contributed by atoms with Gasteiger partial charge in [-0.2, -0.15) is 10.4 Å². The summed E-state index contributed by atoms with van der Waals surface area (Å²) in [7, 11) is 1.87. The summed E-state index contributed by atoms with van der Waals surface area (Å²) < 4.78 is 1.74. The van der Waals surface area contributed by atoms with Crippen LogP contribution in [0.3, 0.4) is 0 Å². The van der Waals surface area contributed by atoms with E-state index in [1.807, 2.05) is 13.2 Å². The van der Waals surface area contributed by atoms with Gasteiger partial charge in [0.1, 0.15) is 11.9 Å². The van der Waals surface area contributed by atoms with E-state index < -0.39 is 0 Å². The molecule has 2 rings (SSSR count). The highest BCUT2D eigenvalue weighted by molar-refractivity contribution is 5.51. The number of aromatic nitrogens is 3. The highest BCUT2D eigenvalue weighted by Gasteiger charge is 2.02. The minimum absolute atomic E-state index is 0.548. The van der Waals surface area contributed by atoms with Gasteiger partial charge in [-0.25, -0.2) is 4.98 Å². The van der Waals surface area contributed by atoms with Crippen LogP contribution in [0.5, 0.6) is 0 Å². The fraction of sp³-hybridized carbons (Fsp3) is 0.182. The van der Waals surface area contributed by atoms with Crippen LogP contribution in [0.2, 0.25) is 0 Å². The minimum atomic E-state index is 0.548. The van der Waals surface area contributed by atoms with Crippen molar-refractivity contribution in [1.29, 1.82) is 5.26 Å².